The predicted octanol–water partition coefficient (Wildman–Crippen LogP) is 6.74. The van der Waals surface area contributed by atoms with Crippen LogP contribution in [0.5, 0.6) is 0 Å². The van der Waals surface area contributed by atoms with Gasteiger partial charge in [0.15, 0.2) is 0 Å². The summed E-state index contributed by atoms with van der Waals surface area (Å²) in [5.74, 6) is -1.65. The summed E-state index contributed by atoms with van der Waals surface area (Å²) < 4.78 is 67.8. The zero-order valence-electron chi connectivity index (χ0n) is 20.1. The molecule has 0 atom stereocenters. The molecule has 1 fully saturated rings. The van der Waals surface area contributed by atoms with Gasteiger partial charge in [0.05, 0.1) is 5.56 Å². The molecule has 198 valence electrons. The first-order valence-electron chi connectivity index (χ1n) is 12.0. The van der Waals surface area contributed by atoms with Crippen molar-refractivity contribution in [3.05, 3.63) is 99.8 Å². The molecule has 1 amide bonds. The van der Waals surface area contributed by atoms with Crippen LogP contribution in [0.1, 0.15) is 39.9 Å². The van der Waals surface area contributed by atoms with E-state index in [4.69, 9.17) is 11.6 Å². The summed E-state index contributed by atoms with van der Waals surface area (Å²) in [6.07, 6.45) is 1.36. The van der Waals surface area contributed by atoms with Crippen molar-refractivity contribution in [2.75, 3.05) is 31.1 Å². The van der Waals surface area contributed by atoms with Gasteiger partial charge in [0.25, 0.3) is 5.91 Å². The molecule has 2 aliphatic rings. The number of piperidine rings is 1. The topological polar surface area (TPSA) is 36.4 Å². The van der Waals surface area contributed by atoms with Crippen molar-refractivity contribution in [1.82, 2.24) is 9.88 Å². The minimum absolute atomic E-state index is 0.152. The number of carbonyl (C=O) groups is 1. The van der Waals surface area contributed by atoms with Gasteiger partial charge in [-0.3, -0.25) is 9.69 Å². The number of pyridine rings is 1. The van der Waals surface area contributed by atoms with Crippen LogP contribution in [0.25, 0.3) is 6.08 Å². The number of nitrogens with zero attached hydrogens (tertiary/aromatic N) is 3. The lowest BCUT2D eigenvalue weighted by Crippen LogP contribution is -2.46. The maximum absolute atomic E-state index is 13.9. The molecule has 4 nitrogen and oxygen atoms in total. The van der Waals surface area contributed by atoms with Crippen molar-refractivity contribution >= 4 is 29.3 Å². The van der Waals surface area contributed by atoms with Crippen molar-refractivity contribution in [1.29, 1.82) is 0 Å². The third-order valence-electron chi connectivity index (χ3n) is 7.30. The van der Waals surface area contributed by atoms with Crippen LogP contribution in [0.2, 0.25) is 5.15 Å². The Morgan fingerprint density at radius 1 is 1.05 bits per heavy atom. The van der Waals surface area contributed by atoms with E-state index in [1.54, 1.807) is 12.2 Å². The first-order chi connectivity index (χ1) is 18.1. The molecule has 2 aromatic carbocycles. The number of fused-ring (bicyclic) bond motifs is 2. The van der Waals surface area contributed by atoms with Gasteiger partial charge in [0, 0.05) is 47.6 Å². The Morgan fingerprint density at radius 2 is 1.82 bits per heavy atom. The van der Waals surface area contributed by atoms with Gasteiger partial charge in [-0.05, 0) is 74.0 Å². The van der Waals surface area contributed by atoms with Crippen molar-refractivity contribution in [3.63, 3.8) is 0 Å². The Kier molecular flexibility index (Phi) is 7.00. The SMILES string of the molecule is O=C(c1ccnc(Cl)c1)N1CC2(CCN(CC=Cc3ccc(F)cc3F)CC2)c2cc(C(F)(F)F)ccc21. The van der Waals surface area contributed by atoms with E-state index in [2.05, 4.69) is 9.88 Å². The van der Waals surface area contributed by atoms with Gasteiger partial charge in [0.2, 0.25) is 0 Å². The van der Waals surface area contributed by atoms with E-state index in [1.165, 1.54) is 47.5 Å². The van der Waals surface area contributed by atoms with E-state index in [-0.39, 0.29) is 23.2 Å². The molecule has 1 spiro atoms. The van der Waals surface area contributed by atoms with E-state index in [0.29, 0.717) is 49.3 Å². The second-order valence-electron chi connectivity index (χ2n) is 9.64. The molecule has 0 aliphatic carbocycles. The molecule has 2 aliphatic heterocycles. The lowest BCUT2D eigenvalue weighted by molar-refractivity contribution is -0.137. The van der Waals surface area contributed by atoms with E-state index >= 15 is 0 Å². The fourth-order valence-corrected chi connectivity index (χ4v) is 5.45. The van der Waals surface area contributed by atoms with Gasteiger partial charge >= 0.3 is 6.18 Å². The molecule has 0 saturated carbocycles. The highest BCUT2D eigenvalue weighted by Crippen LogP contribution is 2.49. The van der Waals surface area contributed by atoms with Crippen LogP contribution in [0, 0.1) is 11.6 Å². The molecule has 3 aromatic rings. The predicted molar refractivity (Wildman–Crippen MR) is 135 cm³/mol. The third kappa shape index (κ3) is 5.17. The zero-order valence-corrected chi connectivity index (χ0v) is 20.9. The van der Waals surface area contributed by atoms with Crippen LogP contribution in [-0.4, -0.2) is 42.0 Å². The van der Waals surface area contributed by atoms with Crippen molar-refractivity contribution in [2.45, 2.75) is 24.4 Å². The minimum atomic E-state index is -4.51. The molecule has 0 radical (unpaired) electrons. The first-order valence-corrected chi connectivity index (χ1v) is 12.4. The van der Waals surface area contributed by atoms with Crippen molar-refractivity contribution in [2.24, 2.45) is 0 Å². The van der Waals surface area contributed by atoms with Gasteiger partial charge in [-0.1, -0.05) is 23.8 Å². The number of hydrogen-bond acceptors (Lipinski definition) is 3. The number of hydrogen-bond donors (Lipinski definition) is 0. The first kappa shape index (κ1) is 26.3. The maximum atomic E-state index is 13.9. The summed E-state index contributed by atoms with van der Waals surface area (Å²) >= 11 is 5.97. The molecule has 38 heavy (non-hydrogen) atoms. The highest BCUT2D eigenvalue weighted by Gasteiger charge is 2.47. The standard InChI is InChI=1S/C28H23ClF5N3O/c29-25-14-19(7-10-35-25)26(38)37-17-27(22-15-20(28(32,33)34)4-6-24(22)37)8-12-36(13-9-27)11-1-2-18-3-5-21(30)16-23(18)31/h1-7,10,14-16H,8-9,11-13,17H2. The summed E-state index contributed by atoms with van der Waals surface area (Å²) in [6, 6.07) is 9.90. The zero-order chi connectivity index (χ0) is 27.1. The fraction of sp³-hybridized carbons (Fsp3) is 0.286. The number of amides is 1. The Morgan fingerprint density at radius 3 is 2.50 bits per heavy atom. The molecule has 10 heteroatoms. The summed E-state index contributed by atoms with van der Waals surface area (Å²) in [6.45, 7) is 1.91. The van der Waals surface area contributed by atoms with Gasteiger partial charge in [-0.15, -0.1) is 0 Å². The largest absolute Gasteiger partial charge is 0.416 e. The molecule has 1 aromatic heterocycles. The number of anilines is 1. The van der Waals surface area contributed by atoms with E-state index in [1.807, 2.05) is 0 Å². The molecule has 3 heterocycles. The highest BCUT2D eigenvalue weighted by molar-refractivity contribution is 6.29. The minimum Gasteiger partial charge on any atom is -0.307 e. The number of alkyl halides is 3. The van der Waals surface area contributed by atoms with Gasteiger partial charge in [-0.2, -0.15) is 13.2 Å². The van der Waals surface area contributed by atoms with Crippen LogP contribution in [0.4, 0.5) is 27.6 Å². The summed E-state index contributed by atoms with van der Waals surface area (Å²) in [4.78, 5) is 20.9. The Bertz CT molecular complexity index is 1400. The number of carbonyl (C=O) groups excluding carboxylic acids is 1. The second-order valence-corrected chi connectivity index (χ2v) is 10.0. The molecule has 0 unspecified atom stereocenters. The third-order valence-corrected chi connectivity index (χ3v) is 7.51. The number of aromatic nitrogens is 1. The Balaban J connectivity index is 1.37. The van der Waals surface area contributed by atoms with Gasteiger partial charge in [0.1, 0.15) is 16.8 Å². The fourth-order valence-electron chi connectivity index (χ4n) is 5.27. The van der Waals surface area contributed by atoms with Crippen LogP contribution >= 0.6 is 11.6 Å². The molecule has 5 rings (SSSR count). The molecule has 0 N–H and O–H groups in total. The second kappa shape index (κ2) is 10.1. The number of benzene rings is 2. The Hall–Kier alpha value is -3.30. The molecule has 1 saturated heterocycles. The normalized spacial score (nSPS) is 17.4. The Labute approximate surface area is 221 Å². The maximum Gasteiger partial charge on any atom is 0.416 e. The molecular formula is C28H23ClF5N3O. The van der Waals surface area contributed by atoms with E-state index < -0.39 is 28.8 Å². The van der Waals surface area contributed by atoms with Crippen LogP contribution in [-0.2, 0) is 11.6 Å². The number of rotatable bonds is 4. The number of likely N-dealkylation sites (tertiary alicyclic amines) is 1. The summed E-state index contributed by atoms with van der Waals surface area (Å²) in [5.41, 5.74) is 0.189. The summed E-state index contributed by atoms with van der Waals surface area (Å²) in [7, 11) is 0. The van der Waals surface area contributed by atoms with Crippen molar-refractivity contribution < 1.29 is 26.7 Å². The van der Waals surface area contributed by atoms with Gasteiger partial charge < -0.3 is 4.90 Å². The van der Waals surface area contributed by atoms with Gasteiger partial charge in [-0.25, -0.2) is 13.8 Å². The molecule has 0 bridgehead atoms. The summed E-state index contributed by atoms with van der Waals surface area (Å²) in [5, 5.41) is 0.152. The van der Waals surface area contributed by atoms with E-state index in [9.17, 15) is 26.7 Å². The monoisotopic (exact) mass is 547 g/mol. The quantitative estimate of drug-likeness (QED) is 0.268. The molecular weight excluding hydrogens is 525 g/mol. The average molecular weight is 548 g/mol. The van der Waals surface area contributed by atoms with Crippen LogP contribution < -0.4 is 4.90 Å². The highest BCUT2D eigenvalue weighted by atomic mass is 35.5. The lowest BCUT2D eigenvalue weighted by atomic mass is 9.74. The lowest BCUT2D eigenvalue weighted by Gasteiger charge is -2.39. The smallest absolute Gasteiger partial charge is 0.307 e. The van der Waals surface area contributed by atoms with Crippen LogP contribution in [0.3, 0.4) is 0 Å². The van der Waals surface area contributed by atoms with Crippen LogP contribution in [0.15, 0.2) is 60.8 Å². The average Bonchev–Trinajstić information content (AvgIpc) is 3.19. The van der Waals surface area contributed by atoms with Crippen molar-refractivity contribution in [3.8, 4) is 0 Å². The van der Waals surface area contributed by atoms with E-state index in [0.717, 1.165) is 12.1 Å². The number of halogens is 6.